The van der Waals surface area contributed by atoms with Crippen molar-refractivity contribution in [3.05, 3.63) is 101 Å². The van der Waals surface area contributed by atoms with Crippen LogP contribution < -0.4 is 15.0 Å². The van der Waals surface area contributed by atoms with Crippen LogP contribution in [0.4, 0.5) is 10.9 Å². The Morgan fingerprint density at radius 2 is 1.74 bits per heavy atom. The lowest BCUT2D eigenvalue weighted by Gasteiger charge is -2.31. The normalized spacial score (nSPS) is 17.6. The van der Waals surface area contributed by atoms with Crippen molar-refractivity contribution < 1.29 is 29.0 Å². The molecule has 3 aromatic carbocycles. The topological polar surface area (TPSA) is 134 Å². The number of amides is 1. The summed E-state index contributed by atoms with van der Waals surface area (Å²) >= 11 is 1.45. The number of fused-ring (bicyclic) bond motifs is 2. The maximum absolute atomic E-state index is 13.9. The SMILES string of the molecule is Cc1c(OCC[C@H]2CC23CCN(CC(=O)O)CC3)cccc1-c1ccc(N2CCc3cccc(C(=O)Nc4nc5ccccc5s4)c3C2)nc1C(=O)OC(C)(C)C. The summed E-state index contributed by atoms with van der Waals surface area (Å²) in [5.74, 6) is 0.506. The van der Waals surface area contributed by atoms with E-state index < -0.39 is 17.5 Å². The molecule has 1 atom stereocenters. The first kappa shape index (κ1) is 38.5. The van der Waals surface area contributed by atoms with Crippen LogP contribution in [0.15, 0.2) is 72.8 Å². The minimum atomic E-state index is -0.763. The van der Waals surface area contributed by atoms with Gasteiger partial charge in [0.2, 0.25) is 0 Å². The third kappa shape index (κ3) is 8.38. The number of hydrogen-bond donors (Lipinski definition) is 2. The second-order valence-electron chi connectivity index (χ2n) is 16.6. The molecule has 4 heterocycles. The molecule has 1 spiro atoms. The Hall–Kier alpha value is -5.33. The maximum Gasteiger partial charge on any atom is 0.358 e. The lowest BCUT2D eigenvalue weighted by atomic mass is 9.90. The van der Waals surface area contributed by atoms with E-state index in [9.17, 15) is 14.4 Å². The number of esters is 1. The Kier molecular flexibility index (Phi) is 10.5. The fraction of sp³-hybridized carbons (Fsp3) is 0.400. The second-order valence-corrected chi connectivity index (χ2v) is 17.7. The third-order valence-corrected chi connectivity index (χ3v) is 12.6. The third-order valence-electron chi connectivity index (χ3n) is 11.7. The van der Waals surface area contributed by atoms with Crippen LogP contribution in [-0.4, -0.2) is 76.2 Å². The first-order valence-electron chi connectivity index (χ1n) is 19.8. The zero-order valence-electron chi connectivity index (χ0n) is 33.0. The van der Waals surface area contributed by atoms with E-state index in [1.54, 1.807) is 0 Å². The number of ether oxygens (including phenoxy) is 2. The Morgan fingerprint density at radius 1 is 0.947 bits per heavy atom. The summed E-state index contributed by atoms with van der Waals surface area (Å²) in [7, 11) is 0. The number of pyridine rings is 1. The number of nitrogens with one attached hydrogen (secondary N) is 1. The molecule has 11 nitrogen and oxygen atoms in total. The molecule has 1 amide bonds. The van der Waals surface area contributed by atoms with Gasteiger partial charge >= 0.3 is 11.9 Å². The number of nitrogens with zero attached hydrogens (tertiary/aromatic N) is 4. The van der Waals surface area contributed by atoms with Gasteiger partial charge in [-0.1, -0.05) is 47.7 Å². The molecule has 1 saturated carbocycles. The van der Waals surface area contributed by atoms with Crippen molar-refractivity contribution in [1.29, 1.82) is 0 Å². The summed E-state index contributed by atoms with van der Waals surface area (Å²) in [6, 6.07) is 23.4. The van der Waals surface area contributed by atoms with Gasteiger partial charge in [0.1, 0.15) is 17.2 Å². The van der Waals surface area contributed by atoms with Crippen molar-refractivity contribution in [2.24, 2.45) is 11.3 Å². The number of benzene rings is 3. The molecule has 2 aliphatic heterocycles. The Labute approximate surface area is 337 Å². The lowest BCUT2D eigenvalue weighted by molar-refractivity contribution is -0.138. The molecule has 0 radical (unpaired) electrons. The first-order valence-corrected chi connectivity index (χ1v) is 20.6. The summed E-state index contributed by atoms with van der Waals surface area (Å²) in [6.45, 7) is 11.1. The highest BCUT2D eigenvalue weighted by Gasteiger charge is 2.54. The van der Waals surface area contributed by atoms with Crippen LogP contribution in [0.2, 0.25) is 0 Å². The predicted octanol–water partition coefficient (Wildman–Crippen LogP) is 8.39. The Bertz CT molecular complexity index is 2310. The van der Waals surface area contributed by atoms with E-state index in [2.05, 4.69) is 21.3 Å². The molecule has 5 aromatic rings. The highest BCUT2D eigenvalue weighted by atomic mass is 32.1. The van der Waals surface area contributed by atoms with Crippen LogP contribution in [0, 0.1) is 18.3 Å². The lowest BCUT2D eigenvalue weighted by Crippen LogP contribution is -2.38. The summed E-state index contributed by atoms with van der Waals surface area (Å²) < 4.78 is 13.3. The van der Waals surface area contributed by atoms with E-state index in [-0.39, 0.29) is 18.1 Å². The molecule has 1 aliphatic carbocycles. The highest BCUT2D eigenvalue weighted by molar-refractivity contribution is 7.22. The van der Waals surface area contributed by atoms with Gasteiger partial charge in [0.25, 0.3) is 5.91 Å². The van der Waals surface area contributed by atoms with Crippen molar-refractivity contribution in [2.45, 2.75) is 71.9 Å². The number of aliphatic carboxylic acids is 1. The highest BCUT2D eigenvalue weighted by Crippen LogP contribution is 2.60. The van der Waals surface area contributed by atoms with E-state index in [1.807, 2.05) is 99.3 Å². The Balaban J connectivity index is 0.998. The molecule has 0 bridgehead atoms. The van der Waals surface area contributed by atoms with E-state index in [0.717, 1.165) is 70.6 Å². The Morgan fingerprint density at radius 3 is 2.51 bits per heavy atom. The number of aromatic nitrogens is 2. The van der Waals surface area contributed by atoms with Crippen LogP contribution in [0.3, 0.4) is 0 Å². The molecule has 2 fully saturated rings. The largest absolute Gasteiger partial charge is 0.493 e. The van der Waals surface area contributed by atoms with Gasteiger partial charge in [-0.05, 0) is 143 Å². The molecule has 296 valence electrons. The number of thiazole rings is 1. The monoisotopic (exact) mass is 787 g/mol. The molecule has 2 N–H and O–H groups in total. The average molecular weight is 788 g/mol. The number of likely N-dealkylation sites (tertiary alicyclic amines) is 1. The van der Waals surface area contributed by atoms with Gasteiger partial charge in [-0.3, -0.25) is 19.8 Å². The van der Waals surface area contributed by atoms with Crippen LogP contribution >= 0.6 is 11.3 Å². The summed E-state index contributed by atoms with van der Waals surface area (Å²) in [6.07, 6.45) is 4.93. The number of carbonyl (C=O) groups excluding carboxylic acids is 2. The van der Waals surface area contributed by atoms with Gasteiger partial charge < -0.3 is 19.5 Å². The summed E-state index contributed by atoms with van der Waals surface area (Å²) in [5.41, 5.74) is 5.72. The smallest absolute Gasteiger partial charge is 0.358 e. The number of carbonyl (C=O) groups is 3. The van der Waals surface area contributed by atoms with Gasteiger partial charge in [0.05, 0.1) is 23.4 Å². The van der Waals surface area contributed by atoms with Gasteiger partial charge in [0, 0.05) is 24.2 Å². The number of carboxylic acid groups (broad SMARTS) is 1. The van der Waals surface area contributed by atoms with Crippen LogP contribution in [-0.2, 0) is 22.5 Å². The van der Waals surface area contributed by atoms with Gasteiger partial charge in [-0.15, -0.1) is 0 Å². The van der Waals surface area contributed by atoms with Crippen molar-refractivity contribution in [3.63, 3.8) is 0 Å². The van der Waals surface area contributed by atoms with Crippen molar-refractivity contribution in [3.8, 4) is 16.9 Å². The van der Waals surface area contributed by atoms with E-state index in [0.29, 0.717) is 59.5 Å². The number of para-hydroxylation sites is 1. The number of hydrogen-bond acceptors (Lipinski definition) is 10. The molecule has 12 heteroatoms. The maximum atomic E-state index is 13.9. The van der Waals surface area contributed by atoms with Crippen molar-refractivity contribution in [2.75, 3.05) is 43.0 Å². The van der Waals surface area contributed by atoms with Crippen molar-refractivity contribution in [1.82, 2.24) is 14.9 Å². The number of carboxylic acids is 1. The van der Waals surface area contributed by atoms with E-state index >= 15 is 0 Å². The molecule has 0 unspecified atom stereocenters. The first-order chi connectivity index (χ1) is 27.4. The van der Waals surface area contributed by atoms with Gasteiger partial charge in [0.15, 0.2) is 10.8 Å². The quantitative estimate of drug-likeness (QED) is 0.126. The molecule has 3 aliphatic rings. The fourth-order valence-electron chi connectivity index (χ4n) is 8.58. The molecular formula is C45H49N5O6S. The number of piperidine rings is 1. The van der Waals surface area contributed by atoms with Crippen LogP contribution in [0.5, 0.6) is 5.75 Å². The molecular weight excluding hydrogens is 739 g/mol. The second kappa shape index (κ2) is 15.5. The summed E-state index contributed by atoms with van der Waals surface area (Å²) in [5, 5.41) is 12.7. The fourth-order valence-corrected chi connectivity index (χ4v) is 9.44. The number of rotatable bonds is 11. The average Bonchev–Trinajstić information content (AvgIpc) is 3.68. The van der Waals surface area contributed by atoms with Gasteiger partial charge in [-0.25, -0.2) is 14.8 Å². The minimum Gasteiger partial charge on any atom is -0.493 e. The molecule has 8 rings (SSSR count). The summed E-state index contributed by atoms with van der Waals surface area (Å²) in [4.78, 5) is 52.5. The number of anilines is 2. The van der Waals surface area contributed by atoms with Crippen molar-refractivity contribution >= 4 is 50.3 Å². The molecule has 57 heavy (non-hydrogen) atoms. The van der Waals surface area contributed by atoms with E-state index in [4.69, 9.17) is 19.6 Å². The molecule has 1 saturated heterocycles. The standard InChI is InChI=1S/C45H49N5O6S/c1-28-31(10-8-13-36(28)55-24-18-30-25-45(30)19-22-49(23-20-45)27-39(51)52)32-15-16-38(47-40(32)42(54)56-44(2,3)4)50-21-17-29-9-7-11-33(34(29)26-50)41(53)48-43-46-35-12-5-6-14-37(35)57-43/h5-16,30H,17-27H2,1-4H3,(H,51,52)(H,46,48,53)/t30-/m0/s1. The van der Waals surface area contributed by atoms with Crippen LogP contribution in [0.25, 0.3) is 21.3 Å². The predicted molar refractivity (Wildman–Crippen MR) is 222 cm³/mol. The zero-order chi connectivity index (χ0) is 39.9. The zero-order valence-corrected chi connectivity index (χ0v) is 33.8. The van der Waals surface area contributed by atoms with Crippen LogP contribution in [0.1, 0.15) is 84.0 Å². The molecule has 2 aromatic heterocycles. The van der Waals surface area contributed by atoms with E-state index in [1.165, 1.54) is 17.8 Å². The minimum absolute atomic E-state index is 0.119. The van der Waals surface area contributed by atoms with Gasteiger partial charge in [-0.2, -0.15) is 0 Å².